The lowest BCUT2D eigenvalue weighted by Crippen LogP contribution is -2.60. The van der Waals surface area contributed by atoms with Crippen LogP contribution in [0.5, 0.6) is 0 Å². The van der Waals surface area contributed by atoms with Gasteiger partial charge in [-0.1, -0.05) is 6.07 Å². The van der Waals surface area contributed by atoms with Gasteiger partial charge in [0.2, 0.25) is 5.91 Å². The van der Waals surface area contributed by atoms with Gasteiger partial charge in [0.15, 0.2) is 4.75 Å². The summed E-state index contributed by atoms with van der Waals surface area (Å²) in [4.78, 5) is 40.9. The average molecular weight is 352 g/mol. The van der Waals surface area contributed by atoms with Crippen molar-refractivity contribution in [1.82, 2.24) is 9.88 Å². The van der Waals surface area contributed by atoms with E-state index < -0.39 is 28.7 Å². The summed E-state index contributed by atoms with van der Waals surface area (Å²) in [6.07, 6.45) is 0.483. The SMILES string of the molecule is COC(=O)c1ccc(C2(C(=O)O)CN3C(=O)[C@H]([C@@H](C)O)[C@H]3S2)cn1. The van der Waals surface area contributed by atoms with E-state index in [-0.39, 0.29) is 23.5 Å². The van der Waals surface area contributed by atoms with Gasteiger partial charge in [-0.05, 0) is 18.6 Å². The van der Waals surface area contributed by atoms with Crippen LogP contribution in [-0.4, -0.2) is 63.1 Å². The molecule has 2 aliphatic rings. The second kappa shape index (κ2) is 5.75. The molecule has 0 aromatic carbocycles. The van der Waals surface area contributed by atoms with Crippen molar-refractivity contribution in [2.45, 2.75) is 23.1 Å². The smallest absolute Gasteiger partial charge is 0.356 e. The maximum atomic E-state index is 12.1. The van der Waals surface area contributed by atoms with Crippen molar-refractivity contribution in [2.75, 3.05) is 13.7 Å². The van der Waals surface area contributed by atoms with E-state index in [4.69, 9.17) is 0 Å². The highest BCUT2D eigenvalue weighted by Gasteiger charge is 2.63. The number of β-lactam (4-membered cyclic amide) rings is 1. The van der Waals surface area contributed by atoms with E-state index in [2.05, 4.69) is 9.72 Å². The summed E-state index contributed by atoms with van der Waals surface area (Å²) in [5.41, 5.74) is 0.463. The van der Waals surface area contributed by atoms with Gasteiger partial charge in [-0.25, -0.2) is 9.78 Å². The number of carboxylic acid groups (broad SMARTS) is 1. The molecule has 1 aromatic rings. The van der Waals surface area contributed by atoms with E-state index >= 15 is 0 Å². The van der Waals surface area contributed by atoms with Crippen LogP contribution >= 0.6 is 11.8 Å². The minimum atomic E-state index is -1.37. The molecule has 2 fully saturated rings. The standard InChI is InChI=1S/C15H16N2O6S/c1-7(18)10-11(19)17-6-15(14(21)22,24-12(10)17)8-3-4-9(16-5-8)13(20)23-2/h3-5,7,10,12,18H,6H2,1-2H3,(H,21,22)/t7-,10+,12-,15?/m1/s1. The van der Waals surface area contributed by atoms with E-state index in [0.717, 1.165) is 11.8 Å². The first-order chi connectivity index (χ1) is 11.3. The quantitative estimate of drug-likeness (QED) is 0.577. The normalized spacial score (nSPS) is 29.6. The van der Waals surface area contributed by atoms with E-state index in [1.807, 2.05) is 0 Å². The number of amides is 1. The van der Waals surface area contributed by atoms with E-state index in [1.165, 1.54) is 37.3 Å². The summed E-state index contributed by atoms with van der Waals surface area (Å²) in [5.74, 6) is -2.55. The second-order valence-electron chi connectivity index (χ2n) is 5.80. The Bertz CT molecular complexity index is 706. The number of aliphatic hydroxyl groups is 1. The molecule has 1 aromatic heterocycles. The lowest BCUT2D eigenvalue weighted by molar-refractivity contribution is -0.156. The average Bonchev–Trinajstić information content (AvgIpc) is 2.90. The fourth-order valence-electron chi connectivity index (χ4n) is 3.04. The highest BCUT2D eigenvalue weighted by molar-refractivity contribution is 8.02. The Morgan fingerprint density at radius 3 is 2.71 bits per heavy atom. The summed E-state index contributed by atoms with van der Waals surface area (Å²) < 4.78 is 3.20. The largest absolute Gasteiger partial charge is 0.480 e. The molecule has 2 aliphatic heterocycles. The van der Waals surface area contributed by atoms with Crippen molar-refractivity contribution < 1.29 is 29.3 Å². The Kier molecular flexibility index (Phi) is 4.00. The number of methoxy groups -OCH3 is 1. The van der Waals surface area contributed by atoms with Gasteiger partial charge in [-0.2, -0.15) is 0 Å². The van der Waals surface area contributed by atoms with E-state index in [1.54, 1.807) is 0 Å². The van der Waals surface area contributed by atoms with Gasteiger partial charge in [0.1, 0.15) is 5.69 Å². The van der Waals surface area contributed by atoms with Gasteiger partial charge in [-0.15, -0.1) is 11.8 Å². The fourth-order valence-corrected chi connectivity index (χ4v) is 4.82. The third-order valence-electron chi connectivity index (χ3n) is 4.39. The number of rotatable bonds is 4. The number of fused-ring (bicyclic) bond motifs is 1. The molecule has 0 aliphatic carbocycles. The topological polar surface area (TPSA) is 117 Å². The number of carbonyl (C=O) groups excluding carboxylic acids is 2. The number of ether oxygens (including phenoxy) is 1. The molecule has 3 rings (SSSR count). The predicted molar refractivity (Wildman–Crippen MR) is 83.2 cm³/mol. The minimum Gasteiger partial charge on any atom is -0.480 e. The van der Waals surface area contributed by atoms with Gasteiger partial charge in [-0.3, -0.25) is 9.59 Å². The number of aliphatic carboxylic acids is 1. The molecule has 0 bridgehead atoms. The molecule has 2 N–H and O–H groups in total. The summed E-state index contributed by atoms with van der Waals surface area (Å²) in [6.45, 7) is 1.52. The number of nitrogens with zero attached hydrogens (tertiary/aromatic N) is 2. The van der Waals surface area contributed by atoms with Crippen molar-refractivity contribution >= 4 is 29.6 Å². The maximum Gasteiger partial charge on any atom is 0.356 e. The molecule has 0 saturated carbocycles. The van der Waals surface area contributed by atoms with Gasteiger partial charge in [0.05, 0.1) is 31.1 Å². The van der Waals surface area contributed by atoms with Crippen LogP contribution in [0.4, 0.5) is 0 Å². The Balaban J connectivity index is 1.93. The molecule has 1 amide bonds. The minimum absolute atomic E-state index is 0.00102. The first-order valence-electron chi connectivity index (χ1n) is 7.26. The van der Waals surface area contributed by atoms with Crippen molar-refractivity contribution in [3.8, 4) is 0 Å². The number of esters is 1. The van der Waals surface area contributed by atoms with Crippen LogP contribution in [0, 0.1) is 5.92 Å². The first-order valence-corrected chi connectivity index (χ1v) is 8.14. The van der Waals surface area contributed by atoms with Crippen molar-refractivity contribution in [3.63, 3.8) is 0 Å². The Morgan fingerprint density at radius 1 is 1.50 bits per heavy atom. The number of pyridine rings is 1. The number of carbonyl (C=O) groups is 3. The number of hydrogen-bond acceptors (Lipinski definition) is 7. The lowest BCUT2D eigenvalue weighted by atomic mass is 9.90. The third-order valence-corrected chi connectivity index (χ3v) is 6.12. The third kappa shape index (κ3) is 2.27. The molecule has 128 valence electrons. The van der Waals surface area contributed by atoms with Crippen molar-refractivity contribution in [1.29, 1.82) is 0 Å². The highest BCUT2D eigenvalue weighted by Crippen LogP contribution is 2.55. The zero-order valence-corrected chi connectivity index (χ0v) is 13.8. The summed E-state index contributed by atoms with van der Waals surface area (Å²) in [7, 11) is 1.23. The molecular weight excluding hydrogens is 336 g/mol. The van der Waals surface area contributed by atoms with Crippen LogP contribution in [-0.2, 0) is 19.1 Å². The summed E-state index contributed by atoms with van der Waals surface area (Å²) in [5, 5.41) is 19.1. The van der Waals surface area contributed by atoms with Crippen molar-refractivity contribution in [3.05, 3.63) is 29.6 Å². The van der Waals surface area contributed by atoms with Crippen LogP contribution in [0.3, 0.4) is 0 Å². The number of carboxylic acids is 1. The summed E-state index contributed by atoms with van der Waals surface area (Å²) >= 11 is 1.12. The molecule has 1 unspecified atom stereocenters. The Hall–Kier alpha value is -2.13. The van der Waals surface area contributed by atoms with Crippen LogP contribution in [0.2, 0.25) is 0 Å². The number of hydrogen-bond donors (Lipinski definition) is 2. The van der Waals surface area contributed by atoms with Crippen LogP contribution in [0.1, 0.15) is 23.0 Å². The van der Waals surface area contributed by atoms with Crippen molar-refractivity contribution in [2.24, 2.45) is 5.92 Å². The lowest BCUT2D eigenvalue weighted by Gasteiger charge is -2.42. The fraction of sp³-hybridized carbons (Fsp3) is 0.467. The molecule has 9 heteroatoms. The second-order valence-corrected chi connectivity index (χ2v) is 7.21. The molecule has 0 radical (unpaired) electrons. The van der Waals surface area contributed by atoms with Crippen LogP contribution in [0.25, 0.3) is 0 Å². The zero-order valence-electron chi connectivity index (χ0n) is 13.0. The Labute approximate surface area is 141 Å². The number of aromatic nitrogens is 1. The van der Waals surface area contributed by atoms with Gasteiger partial charge < -0.3 is 19.8 Å². The molecule has 8 nitrogen and oxygen atoms in total. The maximum absolute atomic E-state index is 12.1. The Morgan fingerprint density at radius 2 is 2.21 bits per heavy atom. The molecular formula is C15H16N2O6S. The van der Waals surface area contributed by atoms with Crippen LogP contribution in [0.15, 0.2) is 18.3 Å². The molecule has 0 spiro atoms. The van der Waals surface area contributed by atoms with E-state index in [0.29, 0.717) is 5.56 Å². The highest BCUT2D eigenvalue weighted by atomic mass is 32.2. The van der Waals surface area contributed by atoms with Crippen LogP contribution < -0.4 is 0 Å². The molecule has 2 saturated heterocycles. The predicted octanol–water partition coefficient (Wildman–Crippen LogP) is 0.0602. The molecule has 3 heterocycles. The number of thioether (sulfide) groups is 1. The first kappa shape index (κ1) is 16.7. The zero-order chi connectivity index (χ0) is 17.6. The van der Waals surface area contributed by atoms with Gasteiger partial charge >= 0.3 is 11.9 Å². The monoisotopic (exact) mass is 352 g/mol. The molecule has 4 atom stereocenters. The summed E-state index contributed by atoms with van der Waals surface area (Å²) in [6, 6.07) is 2.91. The molecule has 24 heavy (non-hydrogen) atoms. The number of aliphatic hydroxyl groups excluding tert-OH is 1. The van der Waals surface area contributed by atoms with Gasteiger partial charge in [0.25, 0.3) is 0 Å². The van der Waals surface area contributed by atoms with E-state index in [9.17, 15) is 24.6 Å². The van der Waals surface area contributed by atoms with Gasteiger partial charge in [0, 0.05) is 6.20 Å².